The third-order valence-electron chi connectivity index (χ3n) is 7.83. The first-order valence-corrected chi connectivity index (χ1v) is 15.1. The summed E-state index contributed by atoms with van der Waals surface area (Å²) in [5.74, 6) is 1.18. The van der Waals surface area contributed by atoms with Gasteiger partial charge in [-0.3, -0.25) is 4.98 Å². The van der Waals surface area contributed by atoms with Gasteiger partial charge >= 0.3 is 0 Å². The van der Waals surface area contributed by atoms with Gasteiger partial charge < -0.3 is 14.3 Å². The Morgan fingerprint density at radius 3 is 2.56 bits per heavy atom. The van der Waals surface area contributed by atoms with Gasteiger partial charge in [0.25, 0.3) is 0 Å². The van der Waals surface area contributed by atoms with Gasteiger partial charge in [0.05, 0.1) is 16.1 Å². The molecule has 6 aromatic heterocycles. The van der Waals surface area contributed by atoms with Crippen LogP contribution in [0.2, 0.25) is 0 Å². The molecule has 0 spiro atoms. The van der Waals surface area contributed by atoms with E-state index in [9.17, 15) is 0 Å². The second-order valence-corrected chi connectivity index (χ2v) is 11.5. The summed E-state index contributed by atoms with van der Waals surface area (Å²) in [5.41, 5.74) is 3.25. The van der Waals surface area contributed by atoms with Gasteiger partial charge in [-0.15, -0.1) is 0 Å². The molecule has 9 rings (SSSR count). The van der Waals surface area contributed by atoms with Crippen LogP contribution in [-0.2, 0) is 10.4 Å². The van der Waals surface area contributed by atoms with E-state index in [0.717, 1.165) is 48.7 Å². The quantitative estimate of drug-likeness (QED) is 0.218. The van der Waals surface area contributed by atoms with Gasteiger partial charge in [0, 0.05) is 40.8 Å². The van der Waals surface area contributed by atoms with Crippen molar-refractivity contribution < 1.29 is 9.36 Å². The molecule has 7 heterocycles. The van der Waals surface area contributed by atoms with Crippen LogP contribution in [0.1, 0.15) is 22.0 Å². The maximum absolute atomic E-state index is 7.04. The monoisotopic (exact) mass is 597 g/mol. The normalized spacial score (nSPS) is 17.0. The number of fused-ring (bicyclic) bond motifs is 3. The second kappa shape index (κ2) is 9.31. The number of nitrogens with one attached hydrogen (secondary N) is 1. The molecule has 9 nitrogen and oxygen atoms in total. The first-order valence-electron chi connectivity index (χ1n) is 13.5. The number of benzene rings is 2. The molecule has 8 aromatic rings. The topological polar surface area (TPSA) is 106 Å². The summed E-state index contributed by atoms with van der Waals surface area (Å²) in [6, 6.07) is 26.0. The van der Waals surface area contributed by atoms with Gasteiger partial charge in [-0.05, 0) is 58.1 Å². The molecule has 1 aliphatic heterocycles. The van der Waals surface area contributed by atoms with Crippen molar-refractivity contribution in [1.82, 2.24) is 28.9 Å². The Hall–Kier alpha value is -5.39. The number of hydrogen-bond donors (Lipinski definition) is 1. The summed E-state index contributed by atoms with van der Waals surface area (Å²) >= 11 is 2.73. The van der Waals surface area contributed by atoms with Crippen LogP contribution in [0.25, 0.3) is 43.9 Å². The number of H-pyrrole nitrogens is 1. The Morgan fingerprint density at radius 1 is 0.814 bits per heavy atom. The smallest absolute Gasteiger partial charge is 0.195 e. The zero-order valence-corrected chi connectivity index (χ0v) is 23.8. The molecule has 2 aromatic carbocycles. The molecule has 1 aliphatic rings. The first kappa shape index (κ1) is 24.2. The van der Waals surface area contributed by atoms with E-state index in [1.807, 2.05) is 77.3 Å². The minimum absolute atomic E-state index is 0.564. The van der Waals surface area contributed by atoms with Crippen molar-refractivity contribution in [3.8, 4) is 0 Å². The Labute approximate surface area is 252 Å². The van der Waals surface area contributed by atoms with Crippen molar-refractivity contribution in [2.75, 3.05) is 5.06 Å². The van der Waals surface area contributed by atoms with Crippen LogP contribution >= 0.6 is 23.1 Å². The van der Waals surface area contributed by atoms with Gasteiger partial charge in [-0.1, -0.05) is 53.7 Å². The molecule has 0 radical (unpaired) electrons. The largest absolute Gasteiger partial charge is 0.374 e. The molecule has 206 valence electrons. The number of hydrogen-bond acceptors (Lipinski definition) is 10. The molecular formula is C32H19N7O2S2. The van der Waals surface area contributed by atoms with Crippen molar-refractivity contribution in [3.05, 3.63) is 131 Å². The zero-order chi connectivity index (χ0) is 28.4. The predicted molar refractivity (Wildman–Crippen MR) is 167 cm³/mol. The van der Waals surface area contributed by atoms with E-state index < -0.39 is 5.54 Å². The lowest BCUT2D eigenvalue weighted by molar-refractivity contribution is 0.211. The standard InChI is InChI=1S/C32H19N7O2S2/c1-4-9-22-19(6-1)11-15-34-31(22)39-32(25-12-16-40-36-25,30-21-8-3-2-7-20(21)18-35-30)26(28(41-39)24-13-17-42-37-24)29-27-23(38-43-29)10-5-14-33-27/h1-18,35H. The number of nitrogens with zero attached hydrogens (tertiary/aromatic N) is 6. The van der Waals surface area contributed by atoms with Gasteiger partial charge in [0.15, 0.2) is 17.1 Å². The number of rotatable bonds is 5. The van der Waals surface area contributed by atoms with Crippen molar-refractivity contribution >= 4 is 72.8 Å². The number of pyridine rings is 2. The average molecular weight is 598 g/mol. The van der Waals surface area contributed by atoms with Gasteiger partial charge in [0.1, 0.15) is 28.7 Å². The predicted octanol–water partition coefficient (Wildman–Crippen LogP) is 7.43. The lowest BCUT2D eigenvalue weighted by Crippen LogP contribution is -2.45. The summed E-state index contributed by atoms with van der Waals surface area (Å²) in [6.07, 6.45) is 7.16. The minimum Gasteiger partial charge on any atom is -0.374 e. The average Bonchev–Trinajstić information content (AvgIpc) is 3.89. The van der Waals surface area contributed by atoms with Crippen molar-refractivity contribution in [1.29, 1.82) is 0 Å². The Kier molecular flexibility index (Phi) is 5.25. The highest BCUT2D eigenvalue weighted by atomic mass is 32.1. The van der Waals surface area contributed by atoms with Crippen molar-refractivity contribution in [2.24, 2.45) is 0 Å². The van der Waals surface area contributed by atoms with Crippen LogP contribution in [0, 0.1) is 0 Å². The van der Waals surface area contributed by atoms with Gasteiger partial charge in [-0.2, -0.15) is 13.8 Å². The van der Waals surface area contributed by atoms with E-state index in [1.165, 1.54) is 23.1 Å². The van der Waals surface area contributed by atoms with Gasteiger partial charge in [0.2, 0.25) is 0 Å². The lowest BCUT2D eigenvalue weighted by Gasteiger charge is -2.37. The molecule has 1 N–H and O–H groups in total. The molecule has 0 bridgehead atoms. The van der Waals surface area contributed by atoms with E-state index >= 15 is 0 Å². The highest BCUT2D eigenvalue weighted by Gasteiger charge is 2.59. The van der Waals surface area contributed by atoms with Crippen LogP contribution in [0.5, 0.6) is 0 Å². The van der Waals surface area contributed by atoms with Gasteiger partial charge in [-0.25, -0.2) is 4.98 Å². The Bertz CT molecular complexity index is 2300. The highest BCUT2D eigenvalue weighted by molar-refractivity contribution is 7.08. The van der Waals surface area contributed by atoms with E-state index in [0.29, 0.717) is 23.0 Å². The number of aromatic nitrogens is 6. The zero-order valence-electron chi connectivity index (χ0n) is 22.2. The van der Waals surface area contributed by atoms with Crippen molar-refractivity contribution in [2.45, 2.75) is 5.54 Å². The van der Waals surface area contributed by atoms with Crippen LogP contribution in [0.4, 0.5) is 5.82 Å². The molecule has 0 saturated heterocycles. The molecule has 0 amide bonds. The molecule has 11 heteroatoms. The Morgan fingerprint density at radius 2 is 1.70 bits per heavy atom. The summed E-state index contributed by atoms with van der Waals surface area (Å²) in [4.78, 5) is 21.2. The number of hydroxylamine groups is 1. The van der Waals surface area contributed by atoms with E-state index in [4.69, 9.17) is 28.1 Å². The molecule has 0 saturated carbocycles. The molecule has 43 heavy (non-hydrogen) atoms. The molecule has 0 aliphatic carbocycles. The summed E-state index contributed by atoms with van der Waals surface area (Å²) in [7, 11) is 0. The van der Waals surface area contributed by atoms with Crippen LogP contribution in [0.15, 0.2) is 114 Å². The third-order valence-corrected chi connectivity index (χ3v) is 9.26. The summed E-state index contributed by atoms with van der Waals surface area (Å²) in [6.45, 7) is 0. The van der Waals surface area contributed by atoms with Crippen molar-refractivity contribution in [3.63, 3.8) is 0 Å². The van der Waals surface area contributed by atoms with Crippen LogP contribution < -0.4 is 5.06 Å². The molecule has 1 atom stereocenters. The first-order chi connectivity index (χ1) is 21.3. The fraction of sp³-hybridized carbons (Fsp3) is 0.0312. The molecule has 0 fully saturated rings. The number of anilines is 1. The highest BCUT2D eigenvalue weighted by Crippen LogP contribution is 2.58. The third kappa shape index (κ3) is 3.40. The lowest BCUT2D eigenvalue weighted by atomic mass is 9.79. The maximum atomic E-state index is 7.04. The summed E-state index contributed by atoms with van der Waals surface area (Å²) in [5, 5.41) is 12.4. The Balaban J connectivity index is 1.49. The maximum Gasteiger partial charge on any atom is 0.195 e. The van der Waals surface area contributed by atoms with E-state index in [2.05, 4.69) is 28.3 Å². The van der Waals surface area contributed by atoms with Crippen LogP contribution in [0.3, 0.4) is 0 Å². The van der Waals surface area contributed by atoms with Crippen LogP contribution in [-0.4, -0.2) is 28.9 Å². The number of aromatic amines is 1. The fourth-order valence-electron chi connectivity index (χ4n) is 6.02. The summed E-state index contributed by atoms with van der Waals surface area (Å²) < 4.78 is 15.1. The fourth-order valence-corrected chi connectivity index (χ4v) is 7.44. The molecular weight excluding hydrogens is 579 g/mol. The minimum atomic E-state index is -1.22. The second-order valence-electron chi connectivity index (χ2n) is 10.1. The van der Waals surface area contributed by atoms with E-state index in [1.54, 1.807) is 18.7 Å². The molecule has 1 unspecified atom stereocenters. The van der Waals surface area contributed by atoms with E-state index in [-0.39, 0.29) is 0 Å². The SMILES string of the molecule is c1ccc2c(N3OC(c4ccsn4)=C(c4snc5cccnc45)C3(c3ccon3)c3[nH]cc4ccccc34)nccc2c1.